The van der Waals surface area contributed by atoms with Gasteiger partial charge in [0.2, 0.25) is 0 Å². The molecule has 0 aliphatic carbocycles. The molecule has 1 N–H and O–H groups in total. The minimum atomic E-state index is -1.22. The van der Waals surface area contributed by atoms with Crippen molar-refractivity contribution in [3.63, 3.8) is 0 Å². The molecular formula is C11H7ClFN3O4. The number of aromatic carboxylic acids is 1. The van der Waals surface area contributed by atoms with E-state index in [0.717, 1.165) is 16.9 Å². The minimum Gasteiger partial charge on any atom is -0.478 e. The molecule has 104 valence electrons. The standard InChI is InChI=1S/C11H7ClFN3O4/c1-5-6(11(17)18)4-15(14-5)9-2-7(12)8(13)3-10(9)16(19)20/h2-4H,1H3,(H,17,18). The molecule has 2 rings (SSSR count). The quantitative estimate of drug-likeness (QED) is 0.693. The number of nitro groups is 1. The number of aromatic nitrogens is 2. The van der Waals surface area contributed by atoms with Crippen LogP contribution in [0.5, 0.6) is 0 Å². The van der Waals surface area contributed by atoms with E-state index in [-0.39, 0.29) is 22.0 Å². The lowest BCUT2D eigenvalue weighted by atomic mass is 10.2. The zero-order chi connectivity index (χ0) is 15.0. The average Bonchev–Trinajstić information content (AvgIpc) is 2.74. The fourth-order valence-corrected chi connectivity index (χ4v) is 1.81. The van der Waals surface area contributed by atoms with E-state index in [9.17, 15) is 19.3 Å². The van der Waals surface area contributed by atoms with Crippen molar-refractivity contribution >= 4 is 23.3 Å². The predicted octanol–water partition coefficient (Wildman–Crippen LogP) is 2.58. The van der Waals surface area contributed by atoms with Gasteiger partial charge in [-0.2, -0.15) is 5.10 Å². The number of nitro benzene ring substituents is 1. The number of hydrogen-bond donors (Lipinski definition) is 1. The van der Waals surface area contributed by atoms with Crippen molar-refractivity contribution in [3.05, 3.63) is 50.5 Å². The lowest BCUT2D eigenvalue weighted by molar-refractivity contribution is -0.384. The Morgan fingerprint density at radius 1 is 1.55 bits per heavy atom. The van der Waals surface area contributed by atoms with Gasteiger partial charge in [0.25, 0.3) is 5.69 Å². The molecule has 1 aromatic carbocycles. The van der Waals surface area contributed by atoms with Crippen LogP contribution in [-0.2, 0) is 0 Å². The molecule has 0 aliphatic rings. The first kappa shape index (κ1) is 13.9. The van der Waals surface area contributed by atoms with Crippen LogP contribution in [0.3, 0.4) is 0 Å². The molecule has 0 unspecified atom stereocenters. The van der Waals surface area contributed by atoms with E-state index in [0.29, 0.717) is 6.07 Å². The van der Waals surface area contributed by atoms with E-state index in [1.54, 1.807) is 0 Å². The molecule has 20 heavy (non-hydrogen) atoms. The number of carboxylic acid groups (broad SMARTS) is 1. The van der Waals surface area contributed by atoms with E-state index in [4.69, 9.17) is 16.7 Å². The average molecular weight is 300 g/mol. The van der Waals surface area contributed by atoms with Gasteiger partial charge >= 0.3 is 5.97 Å². The largest absolute Gasteiger partial charge is 0.478 e. The summed E-state index contributed by atoms with van der Waals surface area (Å²) in [5.41, 5.74) is -0.615. The van der Waals surface area contributed by atoms with E-state index in [1.165, 1.54) is 6.92 Å². The first-order valence-corrected chi connectivity index (χ1v) is 5.62. The number of hydrogen-bond acceptors (Lipinski definition) is 4. The fourth-order valence-electron chi connectivity index (χ4n) is 1.65. The molecule has 0 saturated heterocycles. The number of nitrogens with zero attached hydrogens (tertiary/aromatic N) is 3. The lowest BCUT2D eigenvalue weighted by Gasteiger charge is -2.04. The molecule has 0 amide bonds. The van der Waals surface area contributed by atoms with Crippen molar-refractivity contribution in [2.24, 2.45) is 0 Å². The minimum absolute atomic E-state index is 0.111. The van der Waals surface area contributed by atoms with Crippen molar-refractivity contribution in [1.29, 1.82) is 0 Å². The molecule has 9 heteroatoms. The molecular weight excluding hydrogens is 293 g/mol. The highest BCUT2D eigenvalue weighted by Crippen LogP contribution is 2.29. The normalized spacial score (nSPS) is 10.6. The summed E-state index contributed by atoms with van der Waals surface area (Å²) in [6, 6.07) is 1.68. The molecule has 0 saturated carbocycles. The monoisotopic (exact) mass is 299 g/mol. The number of rotatable bonds is 3. The van der Waals surface area contributed by atoms with Crippen molar-refractivity contribution < 1.29 is 19.2 Å². The second-order valence-electron chi connectivity index (χ2n) is 3.89. The Morgan fingerprint density at radius 3 is 2.70 bits per heavy atom. The van der Waals surface area contributed by atoms with Crippen LogP contribution < -0.4 is 0 Å². The predicted molar refractivity (Wildman–Crippen MR) is 66.9 cm³/mol. The van der Waals surface area contributed by atoms with Crippen molar-refractivity contribution in [3.8, 4) is 5.69 Å². The van der Waals surface area contributed by atoms with Crippen LogP contribution in [-0.4, -0.2) is 25.8 Å². The van der Waals surface area contributed by atoms with Gasteiger partial charge in [-0.3, -0.25) is 10.1 Å². The van der Waals surface area contributed by atoms with Crippen LogP contribution in [0, 0.1) is 22.9 Å². The summed E-state index contributed by atoms with van der Waals surface area (Å²) < 4.78 is 14.3. The van der Waals surface area contributed by atoms with Gasteiger partial charge in [-0.25, -0.2) is 13.9 Å². The Balaban J connectivity index is 2.68. The van der Waals surface area contributed by atoms with Crippen LogP contribution in [0.15, 0.2) is 18.3 Å². The summed E-state index contributed by atoms with van der Waals surface area (Å²) in [6.45, 7) is 1.44. The Bertz CT molecular complexity index is 729. The van der Waals surface area contributed by atoms with Crippen molar-refractivity contribution in [2.75, 3.05) is 0 Å². The first-order chi connectivity index (χ1) is 9.31. The summed E-state index contributed by atoms with van der Waals surface area (Å²) in [5, 5.41) is 23.4. The molecule has 0 spiro atoms. The van der Waals surface area contributed by atoms with Gasteiger partial charge in [-0.1, -0.05) is 11.6 Å². The molecule has 0 radical (unpaired) electrons. The zero-order valence-electron chi connectivity index (χ0n) is 10.0. The highest BCUT2D eigenvalue weighted by atomic mass is 35.5. The maximum Gasteiger partial charge on any atom is 0.339 e. The Kier molecular flexibility index (Phi) is 3.41. The Labute approximate surface area is 116 Å². The first-order valence-electron chi connectivity index (χ1n) is 5.24. The Morgan fingerprint density at radius 2 is 2.20 bits per heavy atom. The zero-order valence-corrected chi connectivity index (χ0v) is 10.8. The molecule has 0 aliphatic heterocycles. The van der Waals surface area contributed by atoms with Gasteiger partial charge in [0.05, 0.1) is 21.7 Å². The van der Waals surface area contributed by atoms with E-state index >= 15 is 0 Å². The third kappa shape index (κ3) is 2.32. The Hall–Kier alpha value is -2.48. The highest BCUT2D eigenvalue weighted by Gasteiger charge is 2.22. The van der Waals surface area contributed by atoms with E-state index < -0.39 is 22.4 Å². The topological polar surface area (TPSA) is 98.3 Å². The SMILES string of the molecule is Cc1nn(-c2cc(Cl)c(F)cc2[N+](=O)[O-])cc1C(=O)O. The number of halogens is 2. The maximum absolute atomic E-state index is 13.3. The molecule has 7 nitrogen and oxygen atoms in total. The number of carboxylic acids is 1. The van der Waals surface area contributed by atoms with Gasteiger partial charge < -0.3 is 5.11 Å². The van der Waals surface area contributed by atoms with Gasteiger partial charge in [0.15, 0.2) is 0 Å². The summed E-state index contributed by atoms with van der Waals surface area (Å²) in [5.74, 6) is -2.16. The molecule has 2 aromatic rings. The molecule has 0 bridgehead atoms. The second-order valence-corrected chi connectivity index (χ2v) is 4.30. The van der Waals surface area contributed by atoms with Gasteiger partial charge in [-0.15, -0.1) is 0 Å². The van der Waals surface area contributed by atoms with Crippen LogP contribution in [0.1, 0.15) is 16.1 Å². The third-order valence-electron chi connectivity index (χ3n) is 2.59. The smallest absolute Gasteiger partial charge is 0.339 e. The summed E-state index contributed by atoms with van der Waals surface area (Å²) in [4.78, 5) is 21.1. The number of benzene rings is 1. The molecule has 0 fully saturated rings. The van der Waals surface area contributed by atoms with Crippen LogP contribution >= 0.6 is 11.6 Å². The number of aryl methyl sites for hydroxylation is 1. The summed E-state index contributed by atoms with van der Waals surface area (Å²) in [6.07, 6.45) is 1.11. The van der Waals surface area contributed by atoms with Crippen LogP contribution in [0.25, 0.3) is 5.69 Å². The third-order valence-corrected chi connectivity index (χ3v) is 2.88. The van der Waals surface area contributed by atoms with Gasteiger partial charge in [0.1, 0.15) is 17.1 Å². The molecule has 0 atom stereocenters. The van der Waals surface area contributed by atoms with Crippen molar-refractivity contribution in [1.82, 2.24) is 9.78 Å². The summed E-state index contributed by atoms with van der Waals surface area (Å²) in [7, 11) is 0. The molecule has 1 heterocycles. The van der Waals surface area contributed by atoms with Crippen LogP contribution in [0.4, 0.5) is 10.1 Å². The van der Waals surface area contributed by atoms with E-state index in [2.05, 4.69) is 5.10 Å². The van der Waals surface area contributed by atoms with Crippen LogP contribution in [0.2, 0.25) is 5.02 Å². The second kappa shape index (κ2) is 4.89. The molecule has 1 aromatic heterocycles. The van der Waals surface area contributed by atoms with Crippen molar-refractivity contribution in [2.45, 2.75) is 6.92 Å². The van der Waals surface area contributed by atoms with Gasteiger partial charge in [0, 0.05) is 6.20 Å². The number of carbonyl (C=O) groups is 1. The summed E-state index contributed by atoms with van der Waals surface area (Å²) >= 11 is 5.59. The lowest BCUT2D eigenvalue weighted by Crippen LogP contribution is -2.02. The fraction of sp³-hybridized carbons (Fsp3) is 0.0909. The maximum atomic E-state index is 13.3. The highest BCUT2D eigenvalue weighted by molar-refractivity contribution is 6.31. The van der Waals surface area contributed by atoms with Gasteiger partial charge in [-0.05, 0) is 13.0 Å². The van der Waals surface area contributed by atoms with E-state index in [1.807, 2.05) is 0 Å².